The molecule has 2 aliphatic heterocycles. The molecule has 2 aromatic carbocycles. The summed E-state index contributed by atoms with van der Waals surface area (Å²) in [5.74, 6) is 0.272. The Balaban J connectivity index is 1.20. The van der Waals surface area contributed by atoms with E-state index in [-0.39, 0.29) is 5.91 Å². The highest BCUT2D eigenvalue weighted by Crippen LogP contribution is 2.28. The van der Waals surface area contributed by atoms with Gasteiger partial charge in [-0.25, -0.2) is 0 Å². The molecule has 0 N–H and O–H groups in total. The molecule has 0 spiro atoms. The molecule has 0 saturated carbocycles. The van der Waals surface area contributed by atoms with Crippen LogP contribution in [0.1, 0.15) is 28.8 Å². The number of hydrogen-bond donors (Lipinski definition) is 0. The van der Waals surface area contributed by atoms with E-state index in [0.717, 1.165) is 38.0 Å². The molecule has 2 aliphatic rings. The van der Waals surface area contributed by atoms with Gasteiger partial charge >= 0.3 is 0 Å². The Morgan fingerprint density at radius 1 is 1.00 bits per heavy atom. The summed E-state index contributed by atoms with van der Waals surface area (Å²) in [6.45, 7) is 4.04. The van der Waals surface area contributed by atoms with Crippen LogP contribution in [-0.2, 0) is 24.2 Å². The van der Waals surface area contributed by atoms with E-state index in [4.69, 9.17) is 0 Å². The first-order chi connectivity index (χ1) is 13.8. The van der Waals surface area contributed by atoms with Crippen LogP contribution in [0.25, 0.3) is 10.8 Å². The standard InChI is InChI=1S/C24H26N2OS/c27-24(16-19-6-3-5-18-4-1-2-7-22(18)19)25-12-8-21(9-13-25)26-14-10-23-20(17-26)11-15-28-23/h1-7,11,15,21H,8-10,12-14,16-17H2. The second kappa shape index (κ2) is 7.69. The van der Waals surface area contributed by atoms with Gasteiger partial charge in [-0.2, -0.15) is 0 Å². The van der Waals surface area contributed by atoms with Crippen LogP contribution >= 0.6 is 11.3 Å². The number of benzene rings is 2. The van der Waals surface area contributed by atoms with E-state index in [9.17, 15) is 4.79 Å². The van der Waals surface area contributed by atoms with Gasteiger partial charge < -0.3 is 4.90 Å². The number of rotatable bonds is 3. The van der Waals surface area contributed by atoms with Crippen molar-refractivity contribution < 1.29 is 4.79 Å². The quantitative estimate of drug-likeness (QED) is 0.658. The SMILES string of the molecule is O=C(Cc1cccc2ccccc12)N1CCC(N2CCc3sccc3C2)CC1. The molecule has 0 bridgehead atoms. The van der Waals surface area contributed by atoms with Gasteiger partial charge in [0.2, 0.25) is 5.91 Å². The highest BCUT2D eigenvalue weighted by atomic mass is 32.1. The lowest BCUT2D eigenvalue weighted by atomic mass is 9.98. The lowest BCUT2D eigenvalue weighted by Gasteiger charge is -2.40. The number of likely N-dealkylation sites (tertiary alicyclic amines) is 1. The fourth-order valence-electron chi connectivity index (χ4n) is 4.78. The Kier molecular flexibility index (Phi) is 4.91. The summed E-state index contributed by atoms with van der Waals surface area (Å²) in [7, 11) is 0. The van der Waals surface area contributed by atoms with Gasteiger partial charge in [0.1, 0.15) is 0 Å². The summed E-state index contributed by atoms with van der Waals surface area (Å²) in [5.41, 5.74) is 2.66. The summed E-state index contributed by atoms with van der Waals surface area (Å²) in [4.78, 5) is 19.2. The number of carbonyl (C=O) groups is 1. The molecule has 28 heavy (non-hydrogen) atoms. The second-order valence-corrected chi connectivity index (χ2v) is 9.02. The van der Waals surface area contributed by atoms with Crippen molar-refractivity contribution >= 4 is 28.0 Å². The molecule has 144 valence electrons. The van der Waals surface area contributed by atoms with E-state index in [1.807, 2.05) is 11.3 Å². The fourth-order valence-corrected chi connectivity index (χ4v) is 5.67. The first-order valence-electron chi connectivity index (χ1n) is 10.3. The van der Waals surface area contributed by atoms with Crippen molar-refractivity contribution in [3.8, 4) is 0 Å². The molecule has 1 fully saturated rings. The molecule has 3 heterocycles. The van der Waals surface area contributed by atoms with E-state index in [2.05, 4.69) is 63.7 Å². The Morgan fingerprint density at radius 2 is 1.82 bits per heavy atom. The number of piperidine rings is 1. The summed E-state index contributed by atoms with van der Waals surface area (Å²) in [5, 5.41) is 4.64. The Morgan fingerprint density at radius 3 is 2.71 bits per heavy atom. The number of hydrogen-bond acceptors (Lipinski definition) is 3. The molecule has 3 aromatic rings. The van der Waals surface area contributed by atoms with E-state index in [1.54, 1.807) is 4.88 Å². The summed E-state index contributed by atoms with van der Waals surface area (Å²) >= 11 is 1.90. The molecular formula is C24H26N2OS. The number of nitrogens with zero attached hydrogens (tertiary/aromatic N) is 2. The van der Waals surface area contributed by atoms with Crippen LogP contribution in [0.4, 0.5) is 0 Å². The highest BCUT2D eigenvalue weighted by Gasteiger charge is 2.29. The minimum absolute atomic E-state index is 0.272. The lowest BCUT2D eigenvalue weighted by Crippen LogP contribution is -2.48. The maximum atomic E-state index is 12.9. The van der Waals surface area contributed by atoms with Gasteiger partial charge in [-0.15, -0.1) is 11.3 Å². The van der Waals surface area contributed by atoms with Crippen molar-refractivity contribution in [2.75, 3.05) is 19.6 Å². The average molecular weight is 391 g/mol. The van der Waals surface area contributed by atoms with Gasteiger partial charge in [0, 0.05) is 37.1 Å². The van der Waals surface area contributed by atoms with Crippen molar-refractivity contribution in [2.24, 2.45) is 0 Å². The van der Waals surface area contributed by atoms with Gasteiger partial charge in [0.25, 0.3) is 0 Å². The molecule has 0 aliphatic carbocycles. The zero-order valence-electron chi connectivity index (χ0n) is 16.1. The van der Waals surface area contributed by atoms with Crippen LogP contribution in [0, 0.1) is 0 Å². The van der Waals surface area contributed by atoms with E-state index >= 15 is 0 Å². The van der Waals surface area contributed by atoms with Crippen LogP contribution in [0.5, 0.6) is 0 Å². The minimum Gasteiger partial charge on any atom is -0.342 e. The average Bonchev–Trinajstić information content (AvgIpc) is 3.22. The van der Waals surface area contributed by atoms with Crippen molar-refractivity contribution in [1.29, 1.82) is 0 Å². The smallest absolute Gasteiger partial charge is 0.227 e. The Hall–Kier alpha value is -2.17. The van der Waals surface area contributed by atoms with Crippen molar-refractivity contribution in [3.63, 3.8) is 0 Å². The van der Waals surface area contributed by atoms with Crippen molar-refractivity contribution in [1.82, 2.24) is 9.80 Å². The molecule has 0 unspecified atom stereocenters. The van der Waals surface area contributed by atoms with E-state index in [1.165, 1.54) is 29.3 Å². The van der Waals surface area contributed by atoms with Crippen LogP contribution in [0.3, 0.4) is 0 Å². The first kappa shape index (κ1) is 17.9. The lowest BCUT2D eigenvalue weighted by molar-refractivity contribution is -0.132. The molecule has 1 aromatic heterocycles. The Labute approximate surface area is 170 Å². The van der Waals surface area contributed by atoms with Crippen LogP contribution < -0.4 is 0 Å². The maximum Gasteiger partial charge on any atom is 0.227 e. The van der Waals surface area contributed by atoms with Gasteiger partial charge in [-0.05, 0) is 52.6 Å². The van der Waals surface area contributed by atoms with Crippen LogP contribution in [-0.4, -0.2) is 41.4 Å². The summed E-state index contributed by atoms with van der Waals surface area (Å²) in [6.07, 6.45) is 3.89. The monoisotopic (exact) mass is 390 g/mol. The molecular weight excluding hydrogens is 364 g/mol. The zero-order chi connectivity index (χ0) is 18.9. The zero-order valence-corrected chi connectivity index (χ0v) is 17.0. The molecule has 4 heteroatoms. The van der Waals surface area contributed by atoms with Crippen molar-refractivity contribution in [2.45, 2.75) is 38.3 Å². The van der Waals surface area contributed by atoms with Gasteiger partial charge in [0.15, 0.2) is 0 Å². The number of thiophene rings is 1. The largest absolute Gasteiger partial charge is 0.342 e. The molecule has 5 rings (SSSR count). The third kappa shape index (κ3) is 3.47. The van der Waals surface area contributed by atoms with E-state index < -0.39 is 0 Å². The molecule has 0 radical (unpaired) electrons. The summed E-state index contributed by atoms with van der Waals surface area (Å²) < 4.78 is 0. The normalized spacial score (nSPS) is 18.4. The Bertz CT molecular complexity index is 982. The molecule has 1 saturated heterocycles. The highest BCUT2D eigenvalue weighted by molar-refractivity contribution is 7.10. The van der Waals surface area contributed by atoms with Crippen LogP contribution in [0.15, 0.2) is 53.9 Å². The third-order valence-electron chi connectivity index (χ3n) is 6.39. The van der Waals surface area contributed by atoms with Gasteiger partial charge in [-0.3, -0.25) is 9.69 Å². The number of fused-ring (bicyclic) bond motifs is 2. The first-order valence-corrected chi connectivity index (χ1v) is 11.2. The molecule has 3 nitrogen and oxygen atoms in total. The summed E-state index contributed by atoms with van der Waals surface area (Å²) in [6, 6.07) is 17.5. The maximum absolute atomic E-state index is 12.9. The predicted octanol–water partition coefficient (Wildman–Crippen LogP) is 4.49. The number of amides is 1. The predicted molar refractivity (Wildman–Crippen MR) is 116 cm³/mol. The topological polar surface area (TPSA) is 23.6 Å². The van der Waals surface area contributed by atoms with Crippen LogP contribution in [0.2, 0.25) is 0 Å². The molecule has 0 atom stereocenters. The molecule has 1 amide bonds. The fraction of sp³-hybridized carbons (Fsp3) is 0.375. The van der Waals surface area contributed by atoms with Gasteiger partial charge in [-0.1, -0.05) is 42.5 Å². The third-order valence-corrected chi connectivity index (χ3v) is 7.42. The van der Waals surface area contributed by atoms with E-state index in [0.29, 0.717) is 12.5 Å². The minimum atomic E-state index is 0.272. The van der Waals surface area contributed by atoms with Gasteiger partial charge in [0.05, 0.1) is 6.42 Å². The van der Waals surface area contributed by atoms with Crippen molar-refractivity contribution in [3.05, 3.63) is 69.9 Å². The second-order valence-electron chi connectivity index (χ2n) is 8.02. The number of carbonyl (C=O) groups excluding carboxylic acids is 1.